The second-order valence-electron chi connectivity index (χ2n) is 3.71. The summed E-state index contributed by atoms with van der Waals surface area (Å²) in [4.78, 5) is 11.0. The van der Waals surface area contributed by atoms with Crippen molar-refractivity contribution in [3.05, 3.63) is 45.1 Å². The van der Waals surface area contributed by atoms with Gasteiger partial charge in [0.2, 0.25) is 0 Å². The molecule has 9 heteroatoms. The van der Waals surface area contributed by atoms with Gasteiger partial charge >= 0.3 is 12.1 Å². The van der Waals surface area contributed by atoms with Crippen molar-refractivity contribution in [3.8, 4) is 5.69 Å². The van der Waals surface area contributed by atoms with Crippen LogP contribution in [-0.4, -0.2) is 20.9 Å². The highest BCUT2D eigenvalue weighted by Gasteiger charge is 2.41. The summed E-state index contributed by atoms with van der Waals surface area (Å²) in [6.45, 7) is 0. The number of hydrogen-bond acceptors (Lipinski definition) is 2. The second kappa shape index (κ2) is 5.10. The average molecular weight is 370 g/mol. The largest absolute Gasteiger partial charge is 0.478 e. The summed E-state index contributed by atoms with van der Waals surface area (Å²) in [5.74, 6) is -1.79. The van der Waals surface area contributed by atoms with E-state index in [1.807, 2.05) is 0 Å². The number of carboxylic acid groups (broad SMARTS) is 1. The lowest BCUT2D eigenvalue weighted by Crippen LogP contribution is -2.12. The maximum atomic E-state index is 12.8. The molecule has 1 heterocycles. The van der Waals surface area contributed by atoms with Crippen molar-refractivity contribution in [1.82, 2.24) is 9.78 Å². The summed E-state index contributed by atoms with van der Waals surface area (Å²) in [6.07, 6.45) is -4.91. The van der Waals surface area contributed by atoms with Crippen molar-refractivity contribution in [1.29, 1.82) is 0 Å². The highest BCUT2D eigenvalue weighted by molar-refractivity contribution is 9.10. The van der Waals surface area contributed by atoms with Crippen molar-refractivity contribution in [2.45, 2.75) is 6.18 Å². The fraction of sp³-hybridized carbons (Fsp3) is 0.0909. The Bertz CT molecular complexity index is 685. The lowest BCUT2D eigenvalue weighted by atomic mass is 10.2. The summed E-state index contributed by atoms with van der Waals surface area (Å²) in [5.41, 5.74) is -2.39. The van der Waals surface area contributed by atoms with Crippen LogP contribution in [0.4, 0.5) is 13.2 Å². The van der Waals surface area contributed by atoms with Crippen LogP contribution in [0.5, 0.6) is 0 Å². The smallest absolute Gasteiger partial charge is 0.436 e. The fourth-order valence-corrected chi connectivity index (χ4v) is 2.26. The van der Waals surface area contributed by atoms with E-state index < -0.39 is 28.6 Å². The molecule has 1 aromatic carbocycles. The molecule has 2 aromatic rings. The van der Waals surface area contributed by atoms with Gasteiger partial charge in [0.1, 0.15) is 10.7 Å². The topological polar surface area (TPSA) is 55.1 Å². The number of carbonyl (C=O) groups is 1. The van der Waals surface area contributed by atoms with Crippen LogP contribution in [-0.2, 0) is 6.18 Å². The van der Waals surface area contributed by atoms with Gasteiger partial charge in [0.25, 0.3) is 0 Å². The first-order valence-electron chi connectivity index (χ1n) is 5.06. The molecule has 0 fully saturated rings. The Hall–Kier alpha value is -1.54. The first kappa shape index (κ1) is 14.9. The summed E-state index contributed by atoms with van der Waals surface area (Å²) in [7, 11) is 0. The summed E-state index contributed by atoms with van der Waals surface area (Å²) in [6, 6.07) is 6.13. The number of aromatic nitrogens is 2. The van der Waals surface area contributed by atoms with Crippen LogP contribution in [0, 0.1) is 0 Å². The number of benzene rings is 1. The highest BCUT2D eigenvalue weighted by Crippen LogP contribution is 2.35. The number of aromatic carboxylic acids is 1. The number of hydrogen-bond donors (Lipinski definition) is 1. The fourth-order valence-electron chi connectivity index (χ4n) is 1.56. The van der Waals surface area contributed by atoms with Crippen molar-refractivity contribution >= 4 is 33.5 Å². The van der Waals surface area contributed by atoms with Crippen molar-refractivity contribution in [2.24, 2.45) is 0 Å². The molecule has 1 N–H and O–H groups in total. The molecule has 0 radical (unpaired) electrons. The number of rotatable bonds is 2. The lowest BCUT2D eigenvalue weighted by molar-refractivity contribution is -0.141. The standard InChI is InChI=1S/C11H5BrClF3N2O2/c12-5-2-1-3-6(4-5)18-9(13)7(10(19)20)8(17-18)11(14,15)16/h1-4H,(H,19,20). The molecular weight excluding hydrogens is 364 g/mol. The quantitative estimate of drug-likeness (QED) is 0.870. The molecule has 4 nitrogen and oxygen atoms in total. The van der Waals surface area contributed by atoms with Crippen LogP contribution in [0.1, 0.15) is 16.1 Å². The van der Waals surface area contributed by atoms with E-state index in [0.29, 0.717) is 4.47 Å². The van der Waals surface area contributed by atoms with E-state index >= 15 is 0 Å². The summed E-state index contributed by atoms with van der Waals surface area (Å²) in [5, 5.41) is 11.5. The number of halogens is 5. The minimum absolute atomic E-state index is 0.211. The summed E-state index contributed by atoms with van der Waals surface area (Å²) >= 11 is 8.88. The number of nitrogens with zero attached hydrogens (tertiary/aromatic N) is 2. The van der Waals surface area contributed by atoms with E-state index in [-0.39, 0.29) is 5.69 Å². The maximum absolute atomic E-state index is 12.8. The molecule has 0 saturated carbocycles. The Kier molecular flexibility index (Phi) is 3.79. The van der Waals surface area contributed by atoms with Crippen LogP contribution in [0.2, 0.25) is 5.15 Å². The molecule has 0 aliphatic rings. The van der Waals surface area contributed by atoms with Gasteiger partial charge in [-0.3, -0.25) is 0 Å². The molecule has 0 unspecified atom stereocenters. The van der Waals surface area contributed by atoms with Gasteiger partial charge in [0.15, 0.2) is 5.69 Å². The van der Waals surface area contributed by atoms with Gasteiger partial charge in [0.05, 0.1) is 5.69 Å². The minimum atomic E-state index is -4.91. The first-order chi connectivity index (χ1) is 9.21. The van der Waals surface area contributed by atoms with E-state index in [4.69, 9.17) is 16.7 Å². The molecule has 0 aliphatic heterocycles. The molecule has 106 valence electrons. The molecule has 0 spiro atoms. The third-order valence-corrected chi connectivity index (χ3v) is 3.21. The SMILES string of the molecule is O=C(O)c1c(C(F)(F)F)nn(-c2cccc(Br)c2)c1Cl. The predicted octanol–water partition coefficient (Wildman–Crippen LogP) is 4.01. The molecule has 2 rings (SSSR count). The molecule has 0 aliphatic carbocycles. The third-order valence-electron chi connectivity index (χ3n) is 2.36. The lowest BCUT2D eigenvalue weighted by Gasteiger charge is -2.03. The molecule has 0 atom stereocenters. The Labute approximate surface area is 123 Å². The number of alkyl halides is 3. The van der Waals surface area contributed by atoms with Crippen molar-refractivity contribution < 1.29 is 23.1 Å². The molecular formula is C11H5BrClF3N2O2. The monoisotopic (exact) mass is 368 g/mol. The van der Waals surface area contributed by atoms with E-state index in [9.17, 15) is 18.0 Å². The van der Waals surface area contributed by atoms with E-state index in [1.54, 1.807) is 12.1 Å². The van der Waals surface area contributed by atoms with Crippen LogP contribution in [0.3, 0.4) is 0 Å². The van der Waals surface area contributed by atoms with E-state index in [2.05, 4.69) is 21.0 Å². The van der Waals surface area contributed by atoms with Gasteiger partial charge in [-0.25, -0.2) is 9.48 Å². The molecule has 1 aromatic heterocycles. The van der Waals surface area contributed by atoms with Crippen LogP contribution in [0.15, 0.2) is 28.7 Å². The predicted molar refractivity (Wildman–Crippen MR) is 68.2 cm³/mol. The van der Waals surface area contributed by atoms with Crippen LogP contribution < -0.4 is 0 Å². The maximum Gasteiger partial charge on any atom is 0.436 e. The number of carboxylic acids is 1. The summed E-state index contributed by atoms with van der Waals surface area (Å²) < 4.78 is 39.7. The van der Waals surface area contributed by atoms with Gasteiger partial charge < -0.3 is 5.11 Å². The zero-order valence-electron chi connectivity index (χ0n) is 9.45. The van der Waals surface area contributed by atoms with Crippen molar-refractivity contribution in [2.75, 3.05) is 0 Å². The van der Waals surface area contributed by atoms with E-state index in [0.717, 1.165) is 4.68 Å². The zero-order valence-corrected chi connectivity index (χ0v) is 11.8. The third kappa shape index (κ3) is 2.66. The highest BCUT2D eigenvalue weighted by atomic mass is 79.9. The van der Waals surface area contributed by atoms with Gasteiger partial charge in [-0.2, -0.15) is 18.3 Å². The Morgan fingerprint density at radius 3 is 2.50 bits per heavy atom. The Morgan fingerprint density at radius 2 is 2.05 bits per heavy atom. The van der Waals surface area contributed by atoms with Crippen LogP contribution >= 0.6 is 27.5 Å². The van der Waals surface area contributed by atoms with Gasteiger partial charge in [-0.15, -0.1) is 0 Å². The van der Waals surface area contributed by atoms with Gasteiger partial charge in [0, 0.05) is 4.47 Å². The van der Waals surface area contributed by atoms with Crippen molar-refractivity contribution in [3.63, 3.8) is 0 Å². The minimum Gasteiger partial charge on any atom is -0.478 e. The Morgan fingerprint density at radius 1 is 1.40 bits per heavy atom. The van der Waals surface area contributed by atoms with Crippen LogP contribution in [0.25, 0.3) is 5.69 Å². The molecule has 0 amide bonds. The zero-order chi connectivity index (χ0) is 15.1. The molecule has 0 bridgehead atoms. The molecule has 0 saturated heterocycles. The first-order valence-corrected chi connectivity index (χ1v) is 6.24. The normalized spacial score (nSPS) is 11.7. The van der Waals surface area contributed by atoms with E-state index in [1.165, 1.54) is 12.1 Å². The van der Waals surface area contributed by atoms with Gasteiger partial charge in [-0.1, -0.05) is 33.6 Å². The Balaban J connectivity index is 2.71. The average Bonchev–Trinajstić information content (AvgIpc) is 2.66. The van der Waals surface area contributed by atoms with Gasteiger partial charge in [-0.05, 0) is 18.2 Å². The second-order valence-corrected chi connectivity index (χ2v) is 4.98. The molecule has 20 heavy (non-hydrogen) atoms.